The zero-order valence-corrected chi connectivity index (χ0v) is 9.73. The fourth-order valence-electron chi connectivity index (χ4n) is 2.21. The summed E-state index contributed by atoms with van der Waals surface area (Å²) in [5, 5.41) is 3.49. The van der Waals surface area contributed by atoms with Crippen LogP contribution in [-0.4, -0.2) is 6.54 Å². The molecule has 1 heterocycles. The molecule has 0 radical (unpaired) electrons. The number of anilines is 1. The number of halogens is 1. The normalized spacial score (nSPS) is 20.1. The predicted octanol–water partition coefficient (Wildman–Crippen LogP) is 3.68. The third kappa shape index (κ3) is 1.46. The van der Waals surface area contributed by atoms with E-state index in [-0.39, 0.29) is 0 Å². The van der Waals surface area contributed by atoms with Gasteiger partial charge < -0.3 is 5.32 Å². The van der Waals surface area contributed by atoms with Gasteiger partial charge in [-0.25, -0.2) is 0 Å². The van der Waals surface area contributed by atoms with Gasteiger partial charge in [0, 0.05) is 16.7 Å². The molecule has 0 aromatic heterocycles. The Morgan fingerprint density at radius 3 is 2.93 bits per heavy atom. The summed E-state index contributed by atoms with van der Waals surface area (Å²) in [4.78, 5) is 0. The van der Waals surface area contributed by atoms with E-state index in [1.807, 2.05) is 0 Å². The maximum atomic E-state index is 3.69. The number of hydrogen-bond donors (Lipinski definition) is 1. The lowest BCUT2D eigenvalue weighted by molar-refractivity contribution is 0.827. The van der Waals surface area contributed by atoms with Gasteiger partial charge in [0.25, 0.3) is 0 Å². The summed E-state index contributed by atoms with van der Waals surface area (Å²) in [6, 6.07) is 4.67. The lowest BCUT2D eigenvalue weighted by Crippen LogP contribution is -2.12. The van der Waals surface area contributed by atoms with Crippen LogP contribution in [0.3, 0.4) is 0 Å². The van der Waals surface area contributed by atoms with Crippen molar-refractivity contribution in [1.82, 2.24) is 0 Å². The van der Waals surface area contributed by atoms with Crippen LogP contribution in [0.4, 0.5) is 5.69 Å². The maximum Gasteiger partial charge on any atom is 0.0376 e. The summed E-state index contributed by atoms with van der Waals surface area (Å²) >= 11 is 3.69. The lowest BCUT2D eigenvalue weighted by Gasteiger charge is -2.19. The van der Waals surface area contributed by atoms with Crippen molar-refractivity contribution in [2.75, 3.05) is 11.9 Å². The van der Waals surface area contributed by atoms with Gasteiger partial charge in [0.1, 0.15) is 0 Å². The lowest BCUT2D eigenvalue weighted by atomic mass is 9.99. The molecule has 2 aliphatic rings. The van der Waals surface area contributed by atoms with Crippen molar-refractivity contribution >= 4 is 21.6 Å². The summed E-state index contributed by atoms with van der Waals surface area (Å²) in [6.07, 6.45) is 5.24. The first-order chi connectivity index (χ1) is 6.84. The molecule has 1 nitrogen and oxygen atoms in total. The first-order valence-electron chi connectivity index (χ1n) is 5.41. The number of benzene rings is 1. The van der Waals surface area contributed by atoms with E-state index in [9.17, 15) is 0 Å². The molecule has 3 rings (SSSR count). The van der Waals surface area contributed by atoms with Crippen LogP contribution in [0, 0.1) is 0 Å². The van der Waals surface area contributed by atoms with Gasteiger partial charge in [-0.2, -0.15) is 0 Å². The second kappa shape index (κ2) is 3.27. The van der Waals surface area contributed by atoms with Crippen LogP contribution in [-0.2, 0) is 6.42 Å². The third-order valence-electron chi connectivity index (χ3n) is 3.18. The molecular formula is C12H14BrN. The number of aryl methyl sites for hydroxylation is 1. The summed E-state index contributed by atoms with van der Waals surface area (Å²) in [5.74, 6) is 0.832. The van der Waals surface area contributed by atoms with Gasteiger partial charge in [-0.3, -0.25) is 0 Å². The minimum absolute atomic E-state index is 0.832. The van der Waals surface area contributed by atoms with E-state index in [4.69, 9.17) is 0 Å². The molecule has 0 unspecified atom stereocenters. The third-order valence-corrected chi connectivity index (χ3v) is 3.86. The number of nitrogens with one attached hydrogen (secondary N) is 1. The van der Waals surface area contributed by atoms with Crippen molar-refractivity contribution in [2.45, 2.75) is 31.6 Å². The van der Waals surface area contributed by atoms with Crippen molar-refractivity contribution in [3.05, 3.63) is 27.7 Å². The van der Waals surface area contributed by atoms with Crippen LogP contribution in [0.5, 0.6) is 0 Å². The Kier molecular flexibility index (Phi) is 2.05. The molecule has 0 atom stereocenters. The Morgan fingerprint density at radius 1 is 1.29 bits per heavy atom. The largest absolute Gasteiger partial charge is 0.385 e. The average molecular weight is 252 g/mol. The van der Waals surface area contributed by atoms with Gasteiger partial charge in [-0.15, -0.1) is 0 Å². The van der Waals surface area contributed by atoms with Gasteiger partial charge in [0.05, 0.1) is 0 Å². The van der Waals surface area contributed by atoms with Crippen LogP contribution < -0.4 is 5.32 Å². The smallest absolute Gasteiger partial charge is 0.0376 e. The summed E-state index contributed by atoms with van der Waals surface area (Å²) in [5.41, 5.74) is 4.37. The molecule has 1 saturated carbocycles. The molecule has 0 amide bonds. The Balaban J connectivity index is 2.05. The van der Waals surface area contributed by atoms with Crippen molar-refractivity contribution in [2.24, 2.45) is 0 Å². The zero-order valence-electron chi connectivity index (χ0n) is 8.15. The molecule has 1 aromatic rings. The van der Waals surface area contributed by atoms with E-state index in [2.05, 4.69) is 33.4 Å². The molecule has 74 valence electrons. The van der Waals surface area contributed by atoms with Gasteiger partial charge >= 0.3 is 0 Å². The highest BCUT2D eigenvalue weighted by Gasteiger charge is 2.26. The molecule has 1 aliphatic carbocycles. The van der Waals surface area contributed by atoms with Crippen molar-refractivity contribution in [3.63, 3.8) is 0 Å². The number of rotatable bonds is 1. The molecule has 14 heavy (non-hydrogen) atoms. The minimum atomic E-state index is 0.832. The van der Waals surface area contributed by atoms with Crippen molar-refractivity contribution in [3.8, 4) is 0 Å². The quantitative estimate of drug-likeness (QED) is 0.803. The summed E-state index contributed by atoms with van der Waals surface area (Å²) in [6.45, 7) is 1.14. The Labute approximate surface area is 93.0 Å². The number of fused-ring (bicyclic) bond motifs is 1. The van der Waals surface area contributed by atoms with Gasteiger partial charge in [0.15, 0.2) is 0 Å². The second-order valence-electron chi connectivity index (χ2n) is 4.34. The molecule has 1 fully saturated rings. The van der Waals surface area contributed by atoms with Crippen LogP contribution >= 0.6 is 15.9 Å². The van der Waals surface area contributed by atoms with E-state index in [0.717, 1.165) is 12.5 Å². The Hall–Kier alpha value is -0.500. The highest BCUT2D eigenvalue weighted by Crippen LogP contribution is 2.45. The zero-order chi connectivity index (χ0) is 9.54. The van der Waals surface area contributed by atoms with Gasteiger partial charge in [-0.05, 0) is 54.9 Å². The molecule has 0 saturated heterocycles. The first kappa shape index (κ1) is 8.78. The van der Waals surface area contributed by atoms with E-state index in [1.54, 1.807) is 0 Å². The first-order valence-corrected chi connectivity index (χ1v) is 6.20. The molecule has 0 spiro atoms. The Bertz CT molecular complexity index is 369. The fraction of sp³-hybridized carbons (Fsp3) is 0.500. The molecule has 0 bridgehead atoms. The second-order valence-corrected chi connectivity index (χ2v) is 5.19. The highest BCUT2D eigenvalue weighted by atomic mass is 79.9. The monoisotopic (exact) mass is 251 g/mol. The SMILES string of the molecule is Brc1cc2c(cc1C1CC1)NCCC2. The van der Waals surface area contributed by atoms with Crippen molar-refractivity contribution < 1.29 is 0 Å². The predicted molar refractivity (Wildman–Crippen MR) is 62.9 cm³/mol. The molecule has 1 N–H and O–H groups in total. The standard InChI is InChI=1S/C12H14BrN/c13-11-6-9-2-1-5-14-12(9)7-10(11)8-3-4-8/h6-8,14H,1-5H2. The Morgan fingerprint density at radius 2 is 2.14 bits per heavy atom. The summed E-state index contributed by atoms with van der Waals surface area (Å²) in [7, 11) is 0. The molecular weight excluding hydrogens is 238 g/mol. The topological polar surface area (TPSA) is 12.0 Å². The van der Waals surface area contributed by atoms with E-state index in [0.29, 0.717) is 0 Å². The van der Waals surface area contributed by atoms with Crippen LogP contribution in [0.1, 0.15) is 36.3 Å². The molecule has 1 aromatic carbocycles. The van der Waals surface area contributed by atoms with E-state index in [1.165, 1.54) is 47.0 Å². The van der Waals surface area contributed by atoms with Gasteiger partial charge in [-0.1, -0.05) is 15.9 Å². The highest BCUT2D eigenvalue weighted by molar-refractivity contribution is 9.10. The van der Waals surface area contributed by atoms with Gasteiger partial charge in [0.2, 0.25) is 0 Å². The maximum absolute atomic E-state index is 3.69. The molecule has 1 aliphatic heterocycles. The molecule has 2 heteroatoms. The van der Waals surface area contributed by atoms with Crippen molar-refractivity contribution in [1.29, 1.82) is 0 Å². The van der Waals surface area contributed by atoms with E-state index >= 15 is 0 Å². The van der Waals surface area contributed by atoms with Crippen LogP contribution in [0.25, 0.3) is 0 Å². The fourth-order valence-corrected chi connectivity index (χ4v) is 2.93. The van der Waals surface area contributed by atoms with E-state index < -0.39 is 0 Å². The van der Waals surface area contributed by atoms with Crippen LogP contribution in [0.2, 0.25) is 0 Å². The minimum Gasteiger partial charge on any atom is -0.385 e. The average Bonchev–Trinajstić information content (AvgIpc) is 3.00. The van der Waals surface area contributed by atoms with Crippen LogP contribution in [0.15, 0.2) is 16.6 Å². The summed E-state index contributed by atoms with van der Waals surface area (Å²) < 4.78 is 1.32. The number of hydrogen-bond acceptors (Lipinski definition) is 1.